The number of carbonyl (C=O) groups is 1. The minimum Gasteiger partial charge on any atom is -0.378 e. The lowest BCUT2D eigenvalue weighted by molar-refractivity contribution is -0.126. The molecule has 1 saturated heterocycles. The van der Waals surface area contributed by atoms with Gasteiger partial charge in [0.1, 0.15) is 6.04 Å². The van der Waals surface area contributed by atoms with Crippen LogP contribution in [0.25, 0.3) is 0 Å². The predicted octanol–water partition coefficient (Wildman–Crippen LogP) is 1.13. The van der Waals surface area contributed by atoms with Gasteiger partial charge in [0.2, 0.25) is 5.91 Å². The van der Waals surface area contributed by atoms with E-state index in [9.17, 15) is 4.79 Å². The summed E-state index contributed by atoms with van der Waals surface area (Å²) in [4.78, 5) is 12.0. The fraction of sp³-hybridized carbons (Fsp3) is 0.500. The normalized spacial score (nSPS) is 20.4. The van der Waals surface area contributed by atoms with Crippen LogP contribution in [0.2, 0.25) is 5.02 Å². The number of morpholine rings is 1. The first-order valence-electron chi connectivity index (χ1n) is 6.58. The van der Waals surface area contributed by atoms with E-state index in [4.69, 9.17) is 21.1 Å². The van der Waals surface area contributed by atoms with Gasteiger partial charge in [0.05, 0.1) is 19.3 Å². The Labute approximate surface area is 123 Å². The molecule has 1 aliphatic heterocycles. The van der Waals surface area contributed by atoms with Gasteiger partial charge in [0.25, 0.3) is 0 Å². The van der Waals surface area contributed by atoms with Gasteiger partial charge in [-0.15, -0.1) is 0 Å². The number of hydrogen-bond acceptors (Lipinski definition) is 4. The Morgan fingerprint density at radius 1 is 1.65 bits per heavy atom. The van der Waals surface area contributed by atoms with Gasteiger partial charge in [0.15, 0.2) is 0 Å². The second-order valence-electron chi connectivity index (χ2n) is 4.61. The summed E-state index contributed by atoms with van der Waals surface area (Å²) in [6.45, 7) is 2.14. The molecule has 110 valence electrons. The SMILES string of the molecule is COC(CNC(=O)C1COCCN1)c1cccc(Cl)c1. The quantitative estimate of drug-likeness (QED) is 0.856. The summed E-state index contributed by atoms with van der Waals surface area (Å²) in [6, 6.07) is 7.14. The lowest BCUT2D eigenvalue weighted by Gasteiger charge is -2.24. The molecule has 1 heterocycles. The van der Waals surface area contributed by atoms with E-state index in [1.807, 2.05) is 18.2 Å². The van der Waals surface area contributed by atoms with Gasteiger partial charge in [-0.1, -0.05) is 23.7 Å². The summed E-state index contributed by atoms with van der Waals surface area (Å²) in [6.07, 6.45) is -0.220. The molecular weight excluding hydrogens is 280 g/mol. The number of ether oxygens (including phenoxy) is 2. The second kappa shape index (κ2) is 7.59. The Kier molecular flexibility index (Phi) is 5.79. The number of hydrogen-bond donors (Lipinski definition) is 2. The average molecular weight is 299 g/mol. The smallest absolute Gasteiger partial charge is 0.239 e. The van der Waals surface area contributed by atoms with Crippen molar-refractivity contribution in [1.29, 1.82) is 0 Å². The molecule has 6 heteroatoms. The van der Waals surface area contributed by atoms with E-state index < -0.39 is 0 Å². The molecule has 1 aromatic rings. The number of benzene rings is 1. The molecule has 0 aromatic heterocycles. The molecule has 0 spiro atoms. The zero-order valence-electron chi connectivity index (χ0n) is 11.4. The molecule has 2 atom stereocenters. The van der Waals surface area contributed by atoms with Crippen molar-refractivity contribution in [2.45, 2.75) is 12.1 Å². The van der Waals surface area contributed by atoms with Crippen LogP contribution in [0.15, 0.2) is 24.3 Å². The molecule has 1 aromatic carbocycles. The fourth-order valence-corrected chi connectivity index (χ4v) is 2.29. The van der Waals surface area contributed by atoms with Crippen molar-refractivity contribution in [3.63, 3.8) is 0 Å². The van der Waals surface area contributed by atoms with Gasteiger partial charge in [-0.3, -0.25) is 4.79 Å². The number of methoxy groups -OCH3 is 1. The van der Waals surface area contributed by atoms with Crippen LogP contribution >= 0.6 is 11.6 Å². The summed E-state index contributed by atoms with van der Waals surface area (Å²) in [7, 11) is 1.61. The molecule has 1 aliphatic rings. The van der Waals surface area contributed by atoms with Crippen molar-refractivity contribution < 1.29 is 14.3 Å². The van der Waals surface area contributed by atoms with Crippen LogP contribution < -0.4 is 10.6 Å². The highest BCUT2D eigenvalue weighted by atomic mass is 35.5. The van der Waals surface area contributed by atoms with Crippen LogP contribution in [-0.4, -0.2) is 45.4 Å². The van der Waals surface area contributed by atoms with E-state index in [-0.39, 0.29) is 18.1 Å². The van der Waals surface area contributed by atoms with Gasteiger partial charge in [-0.25, -0.2) is 0 Å². The van der Waals surface area contributed by atoms with Gasteiger partial charge >= 0.3 is 0 Å². The van der Waals surface area contributed by atoms with Gasteiger partial charge in [-0.2, -0.15) is 0 Å². The highest BCUT2D eigenvalue weighted by Crippen LogP contribution is 2.19. The van der Waals surface area contributed by atoms with E-state index in [1.54, 1.807) is 13.2 Å². The molecule has 0 aliphatic carbocycles. The third-order valence-corrected chi connectivity index (χ3v) is 3.44. The largest absolute Gasteiger partial charge is 0.378 e. The maximum absolute atomic E-state index is 12.0. The molecule has 2 N–H and O–H groups in total. The maximum Gasteiger partial charge on any atom is 0.239 e. The maximum atomic E-state index is 12.0. The minimum absolute atomic E-state index is 0.0752. The highest BCUT2D eigenvalue weighted by Gasteiger charge is 2.22. The number of carbonyl (C=O) groups excluding carboxylic acids is 1. The zero-order chi connectivity index (χ0) is 14.4. The minimum atomic E-state index is -0.291. The molecule has 2 rings (SSSR count). The molecule has 20 heavy (non-hydrogen) atoms. The monoisotopic (exact) mass is 298 g/mol. The molecular formula is C14H19ClN2O3. The summed E-state index contributed by atoms with van der Waals surface area (Å²) in [5.74, 6) is -0.0752. The van der Waals surface area contributed by atoms with Crippen LogP contribution in [0.4, 0.5) is 0 Å². The molecule has 1 amide bonds. The Morgan fingerprint density at radius 2 is 2.50 bits per heavy atom. The molecule has 2 unspecified atom stereocenters. The molecule has 5 nitrogen and oxygen atoms in total. The van der Waals surface area contributed by atoms with Crippen molar-refractivity contribution in [2.24, 2.45) is 0 Å². The zero-order valence-corrected chi connectivity index (χ0v) is 12.2. The molecule has 0 saturated carbocycles. The van der Waals surface area contributed by atoms with Gasteiger partial charge in [0, 0.05) is 25.2 Å². The van der Waals surface area contributed by atoms with E-state index in [1.165, 1.54) is 0 Å². The van der Waals surface area contributed by atoms with Crippen molar-refractivity contribution in [1.82, 2.24) is 10.6 Å². The standard InChI is InChI=1S/C14H19ClN2O3/c1-19-13(10-3-2-4-11(15)7-10)8-17-14(18)12-9-20-6-5-16-12/h2-4,7,12-13,16H,5-6,8-9H2,1H3,(H,17,18). The van der Waals surface area contributed by atoms with E-state index in [0.29, 0.717) is 31.3 Å². The van der Waals surface area contributed by atoms with Crippen molar-refractivity contribution in [2.75, 3.05) is 33.4 Å². The van der Waals surface area contributed by atoms with E-state index in [2.05, 4.69) is 10.6 Å². The summed E-state index contributed by atoms with van der Waals surface area (Å²) >= 11 is 5.96. The Bertz CT molecular complexity index is 450. The average Bonchev–Trinajstić information content (AvgIpc) is 2.48. The third kappa shape index (κ3) is 4.18. The second-order valence-corrected chi connectivity index (χ2v) is 5.04. The lowest BCUT2D eigenvalue weighted by Crippen LogP contribution is -2.51. The number of nitrogens with one attached hydrogen (secondary N) is 2. The fourth-order valence-electron chi connectivity index (χ4n) is 2.09. The van der Waals surface area contributed by atoms with Gasteiger partial charge in [-0.05, 0) is 17.7 Å². The topological polar surface area (TPSA) is 59.6 Å². The predicted molar refractivity (Wildman–Crippen MR) is 76.8 cm³/mol. The molecule has 1 fully saturated rings. The van der Waals surface area contributed by atoms with Crippen LogP contribution in [0, 0.1) is 0 Å². The Hall–Kier alpha value is -1.14. The van der Waals surface area contributed by atoms with Crippen molar-refractivity contribution in [3.05, 3.63) is 34.9 Å². The van der Waals surface area contributed by atoms with Crippen LogP contribution in [0.5, 0.6) is 0 Å². The molecule has 0 radical (unpaired) electrons. The first-order valence-corrected chi connectivity index (χ1v) is 6.95. The van der Waals surface area contributed by atoms with Crippen molar-refractivity contribution >= 4 is 17.5 Å². The summed E-state index contributed by atoms with van der Waals surface area (Å²) in [5, 5.41) is 6.63. The number of halogens is 1. The first kappa shape index (κ1) is 15.3. The van der Waals surface area contributed by atoms with Crippen LogP contribution in [0.1, 0.15) is 11.7 Å². The number of rotatable bonds is 5. The van der Waals surface area contributed by atoms with Gasteiger partial charge < -0.3 is 20.1 Å². The third-order valence-electron chi connectivity index (χ3n) is 3.20. The summed E-state index contributed by atoms with van der Waals surface area (Å²) in [5.41, 5.74) is 0.938. The first-order chi connectivity index (χ1) is 9.70. The Balaban J connectivity index is 1.88. The van der Waals surface area contributed by atoms with Crippen LogP contribution in [0.3, 0.4) is 0 Å². The van der Waals surface area contributed by atoms with E-state index in [0.717, 1.165) is 5.56 Å². The van der Waals surface area contributed by atoms with E-state index >= 15 is 0 Å². The highest BCUT2D eigenvalue weighted by molar-refractivity contribution is 6.30. The van der Waals surface area contributed by atoms with Crippen LogP contribution in [-0.2, 0) is 14.3 Å². The van der Waals surface area contributed by atoms with Crippen molar-refractivity contribution in [3.8, 4) is 0 Å². The lowest BCUT2D eigenvalue weighted by atomic mass is 10.1. The summed E-state index contributed by atoms with van der Waals surface area (Å²) < 4.78 is 10.7. The number of amides is 1. The molecule has 0 bridgehead atoms. The Morgan fingerprint density at radius 3 is 3.15 bits per heavy atom.